The number of ether oxygens (including phenoxy) is 1. The first-order valence-corrected chi connectivity index (χ1v) is 9.00. The highest BCUT2D eigenvalue weighted by molar-refractivity contribution is 5.83. The van der Waals surface area contributed by atoms with E-state index < -0.39 is 0 Å². The SMILES string of the molecule is CCOCCCN(Cc1cc2cc(C)cc(C)c2[nH]c1=O)C(=O)N(C)C. The lowest BCUT2D eigenvalue weighted by Crippen LogP contribution is -2.40. The second-order valence-electron chi connectivity index (χ2n) is 6.82. The van der Waals surface area contributed by atoms with Crippen LogP contribution in [0.2, 0.25) is 0 Å². The molecule has 2 amide bonds. The van der Waals surface area contributed by atoms with E-state index >= 15 is 0 Å². The summed E-state index contributed by atoms with van der Waals surface area (Å²) in [5, 5.41) is 0.990. The zero-order valence-electron chi connectivity index (χ0n) is 16.4. The van der Waals surface area contributed by atoms with E-state index in [-0.39, 0.29) is 18.1 Å². The Kier molecular flexibility index (Phi) is 6.80. The molecule has 0 bridgehead atoms. The first-order valence-electron chi connectivity index (χ1n) is 9.00. The van der Waals surface area contributed by atoms with Crippen LogP contribution in [0.3, 0.4) is 0 Å². The number of hydrogen-bond acceptors (Lipinski definition) is 3. The molecule has 1 heterocycles. The van der Waals surface area contributed by atoms with E-state index in [1.165, 1.54) is 4.90 Å². The fraction of sp³-hybridized carbons (Fsp3) is 0.500. The molecule has 0 unspecified atom stereocenters. The van der Waals surface area contributed by atoms with Crippen LogP contribution in [0.1, 0.15) is 30.0 Å². The molecule has 6 nitrogen and oxygen atoms in total. The lowest BCUT2D eigenvalue weighted by atomic mass is 10.1. The van der Waals surface area contributed by atoms with E-state index in [2.05, 4.69) is 11.1 Å². The number of aromatic amines is 1. The summed E-state index contributed by atoms with van der Waals surface area (Å²) in [6, 6.07) is 5.89. The summed E-state index contributed by atoms with van der Waals surface area (Å²) in [5.41, 5.74) is 3.48. The number of aromatic nitrogens is 1. The number of carbonyl (C=O) groups excluding carboxylic acids is 1. The third kappa shape index (κ3) is 4.85. The van der Waals surface area contributed by atoms with Gasteiger partial charge >= 0.3 is 6.03 Å². The fourth-order valence-corrected chi connectivity index (χ4v) is 3.08. The van der Waals surface area contributed by atoms with Crippen molar-refractivity contribution in [1.29, 1.82) is 0 Å². The van der Waals surface area contributed by atoms with Crippen LogP contribution in [0, 0.1) is 13.8 Å². The van der Waals surface area contributed by atoms with Gasteiger partial charge in [0.1, 0.15) is 0 Å². The van der Waals surface area contributed by atoms with Gasteiger partial charge in [0, 0.05) is 39.4 Å². The summed E-state index contributed by atoms with van der Waals surface area (Å²) >= 11 is 0. The largest absolute Gasteiger partial charge is 0.382 e. The van der Waals surface area contributed by atoms with Crippen LogP contribution in [-0.2, 0) is 11.3 Å². The maximum Gasteiger partial charge on any atom is 0.319 e. The minimum Gasteiger partial charge on any atom is -0.382 e. The molecule has 1 N–H and O–H groups in total. The topological polar surface area (TPSA) is 65.6 Å². The lowest BCUT2D eigenvalue weighted by molar-refractivity contribution is 0.127. The molecule has 6 heteroatoms. The van der Waals surface area contributed by atoms with Gasteiger partial charge in [0.05, 0.1) is 12.1 Å². The highest BCUT2D eigenvalue weighted by Crippen LogP contribution is 2.18. The minimum absolute atomic E-state index is 0.110. The standard InChI is InChI=1S/C20H29N3O3/c1-6-26-9-7-8-23(20(25)22(4)5)13-17-12-16-11-14(2)10-15(3)18(16)21-19(17)24/h10-12H,6-9,13H2,1-5H3,(H,21,24). The summed E-state index contributed by atoms with van der Waals surface area (Å²) < 4.78 is 5.36. The Labute approximate surface area is 154 Å². The normalized spacial score (nSPS) is 11.0. The average molecular weight is 359 g/mol. The molecule has 1 aromatic carbocycles. The number of urea groups is 1. The number of fused-ring (bicyclic) bond motifs is 1. The van der Waals surface area contributed by atoms with Gasteiger partial charge in [0.2, 0.25) is 0 Å². The molecule has 0 aliphatic carbocycles. The predicted octanol–water partition coefficient (Wildman–Crippen LogP) is 3.06. The van der Waals surface area contributed by atoms with E-state index in [4.69, 9.17) is 4.74 Å². The number of hydrogen-bond donors (Lipinski definition) is 1. The zero-order valence-corrected chi connectivity index (χ0v) is 16.4. The quantitative estimate of drug-likeness (QED) is 0.773. The Morgan fingerprint density at radius 2 is 1.92 bits per heavy atom. The van der Waals surface area contributed by atoms with Crippen LogP contribution < -0.4 is 5.56 Å². The molecule has 0 atom stereocenters. The van der Waals surface area contributed by atoms with Gasteiger partial charge in [-0.1, -0.05) is 11.6 Å². The van der Waals surface area contributed by atoms with Crippen LogP contribution in [0.5, 0.6) is 0 Å². The number of amides is 2. The molecule has 0 fully saturated rings. The molecule has 2 rings (SSSR count). The Morgan fingerprint density at radius 1 is 1.19 bits per heavy atom. The van der Waals surface area contributed by atoms with Crippen molar-refractivity contribution in [2.45, 2.75) is 33.7 Å². The average Bonchev–Trinajstić information content (AvgIpc) is 2.58. The van der Waals surface area contributed by atoms with E-state index in [9.17, 15) is 9.59 Å². The Balaban J connectivity index is 2.30. The third-order valence-electron chi connectivity index (χ3n) is 4.31. The molecule has 0 spiro atoms. The second kappa shape index (κ2) is 8.85. The monoisotopic (exact) mass is 359 g/mol. The lowest BCUT2D eigenvalue weighted by Gasteiger charge is -2.26. The van der Waals surface area contributed by atoms with Crippen molar-refractivity contribution >= 4 is 16.9 Å². The number of pyridine rings is 1. The van der Waals surface area contributed by atoms with Crippen LogP contribution in [-0.4, -0.2) is 54.7 Å². The number of nitrogens with one attached hydrogen (secondary N) is 1. The van der Waals surface area contributed by atoms with Crippen LogP contribution in [0.15, 0.2) is 23.0 Å². The fourth-order valence-electron chi connectivity index (χ4n) is 3.08. The summed E-state index contributed by atoms with van der Waals surface area (Å²) in [6.45, 7) is 8.04. The zero-order chi connectivity index (χ0) is 19.3. The van der Waals surface area contributed by atoms with Crippen molar-refractivity contribution in [1.82, 2.24) is 14.8 Å². The molecular weight excluding hydrogens is 330 g/mol. The summed E-state index contributed by atoms with van der Waals surface area (Å²) in [7, 11) is 3.43. The van der Waals surface area contributed by atoms with Gasteiger partial charge in [-0.05, 0) is 50.3 Å². The summed E-state index contributed by atoms with van der Waals surface area (Å²) in [6.07, 6.45) is 0.733. The maximum absolute atomic E-state index is 12.5. The number of benzene rings is 1. The van der Waals surface area contributed by atoms with Crippen LogP contribution >= 0.6 is 0 Å². The molecule has 142 valence electrons. The number of carbonyl (C=O) groups is 1. The molecule has 26 heavy (non-hydrogen) atoms. The highest BCUT2D eigenvalue weighted by Gasteiger charge is 2.17. The second-order valence-corrected chi connectivity index (χ2v) is 6.82. The Bertz CT molecular complexity index is 827. The van der Waals surface area contributed by atoms with Crippen LogP contribution in [0.4, 0.5) is 4.79 Å². The van der Waals surface area contributed by atoms with E-state index in [1.54, 1.807) is 19.0 Å². The van der Waals surface area contributed by atoms with E-state index in [1.807, 2.05) is 32.9 Å². The number of H-pyrrole nitrogens is 1. The van der Waals surface area contributed by atoms with Gasteiger partial charge in [0.25, 0.3) is 5.56 Å². The van der Waals surface area contributed by atoms with Gasteiger partial charge < -0.3 is 19.5 Å². The Morgan fingerprint density at radius 3 is 2.58 bits per heavy atom. The van der Waals surface area contributed by atoms with Crippen molar-refractivity contribution in [2.75, 3.05) is 33.9 Å². The van der Waals surface area contributed by atoms with Crippen molar-refractivity contribution in [2.24, 2.45) is 0 Å². The third-order valence-corrected chi connectivity index (χ3v) is 4.31. The molecule has 1 aromatic heterocycles. The summed E-state index contributed by atoms with van der Waals surface area (Å²) in [4.78, 5) is 31.2. The van der Waals surface area contributed by atoms with Gasteiger partial charge in [-0.3, -0.25) is 4.79 Å². The first-order chi connectivity index (χ1) is 12.3. The molecule has 0 aliphatic heterocycles. The van der Waals surface area contributed by atoms with Gasteiger partial charge in [-0.2, -0.15) is 0 Å². The molecular formula is C20H29N3O3. The smallest absolute Gasteiger partial charge is 0.319 e. The maximum atomic E-state index is 12.5. The number of rotatable bonds is 7. The molecule has 0 saturated heterocycles. The van der Waals surface area contributed by atoms with E-state index in [0.29, 0.717) is 25.3 Å². The number of aryl methyl sites for hydroxylation is 2. The molecule has 0 saturated carbocycles. The predicted molar refractivity (Wildman–Crippen MR) is 105 cm³/mol. The van der Waals surface area contributed by atoms with E-state index in [0.717, 1.165) is 28.5 Å². The molecule has 0 aliphatic rings. The Hall–Kier alpha value is -2.34. The van der Waals surface area contributed by atoms with Gasteiger partial charge in [-0.15, -0.1) is 0 Å². The molecule has 2 aromatic rings. The van der Waals surface area contributed by atoms with Crippen molar-refractivity contribution in [3.63, 3.8) is 0 Å². The van der Waals surface area contributed by atoms with Gasteiger partial charge in [-0.25, -0.2) is 4.79 Å². The van der Waals surface area contributed by atoms with Gasteiger partial charge in [0.15, 0.2) is 0 Å². The first kappa shape index (κ1) is 20.0. The van der Waals surface area contributed by atoms with Crippen molar-refractivity contribution < 1.29 is 9.53 Å². The summed E-state index contributed by atoms with van der Waals surface area (Å²) in [5.74, 6) is 0. The molecule has 0 radical (unpaired) electrons. The number of nitrogens with zero attached hydrogens (tertiary/aromatic N) is 2. The minimum atomic E-state index is -0.147. The van der Waals surface area contributed by atoms with Crippen molar-refractivity contribution in [3.8, 4) is 0 Å². The van der Waals surface area contributed by atoms with Crippen molar-refractivity contribution in [3.05, 3.63) is 45.2 Å². The van der Waals surface area contributed by atoms with Crippen LogP contribution in [0.25, 0.3) is 10.9 Å². The highest BCUT2D eigenvalue weighted by atomic mass is 16.5.